The van der Waals surface area contributed by atoms with Crippen molar-refractivity contribution in [3.63, 3.8) is 0 Å². The van der Waals surface area contributed by atoms with Crippen LogP contribution in [0.25, 0.3) is 0 Å². The molecular weight excluding hydrogens is 356 g/mol. The van der Waals surface area contributed by atoms with Crippen LogP contribution >= 0.6 is 0 Å². The summed E-state index contributed by atoms with van der Waals surface area (Å²) in [7, 11) is 0. The van der Waals surface area contributed by atoms with Crippen molar-refractivity contribution in [1.82, 2.24) is 0 Å². The van der Waals surface area contributed by atoms with Crippen LogP contribution in [-0.4, -0.2) is 48.2 Å². The van der Waals surface area contributed by atoms with Crippen LogP contribution in [0.4, 0.5) is 0 Å². The van der Waals surface area contributed by atoms with E-state index in [2.05, 4.69) is 6.92 Å². The van der Waals surface area contributed by atoms with Gasteiger partial charge in [-0.3, -0.25) is 4.79 Å². The summed E-state index contributed by atoms with van der Waals surface area (Å²) in [5.74, 6) is -0.0994. The molecule has 0 amide bonds. The van der Waals surface area contributed by atoms with Gasteiger partial charge < -0.3 is 19.7 Å². The molecule has 0 fully saturated rings. The van der Waals surface area contributed by atoms with Gasteiger partial charge in [0.1, 0.15) is 0 Å². The molecular formula is C23H46O5. The molecule has 0 aromatic heterocycles. The first kappa shape index (κ1) is 27.4. The summed E-state index contributed by atoms with van der Waals surface area (Å²) in [5.41, 5.74) is 0. The molecule has 2 N–H and O–H groups in total. The Balaban J connectivity index is 3.91. The van der Waals surface area contributed by atoms with Gasteiger partial charge in [-0.2, -0.15) is 0 Å². The zero-order valence-corrected chi connectivity index (χ0v) is 18.5. The second-order valence-electron chi connectivity index (χ2n) is 7.72. The van der Waals surface area contributed by atoms with Crippen molar-refractivity contribution in [1.29, 1.82) is 0 Å². The van der Waals surface area contributed by atoms with Gasteiger partial charge in [0.05, 0.1) is 18.8 Å². The van der Waals surface area contributed by atoms with Gasteiger partial charge in [-0.1, -0.05) is 71.1 Å². The molecule has 0 radical (unpaired) electrons. The van der Waals surface area contributed by atoms with Crippen LogP contribution in [0.3, 0.4) is 0 Å². The number of rotatable bonds is 21. The summed E-state index contributed by atoms with van der Waals surface area (Å²) in [6.07, 6.45) is 14.7. The van der Waals surface area contributed by atoms with Crippen molar-refractivity contribution in [3.8, 4) is 0 Å². The standard InChI is InChI=1S/C23H46O5/c1-3-5-6-7-9-12-16-21(25)22(28-20-15-19-24)17-13-10-8-11-14-18-23(26)27-4-2/h21-22,24-25H,3-20H2,1-2H3. The first-order chi connectivity index (χ1) is 13.7. The van der Waals surface area contributed by atoms with E-state index in [9.17, 15) is 9.90 Å². The molecule has 0 bridgehead atoms. The van der Waals surface area contributed by atoms with E-state index in [0.717, 1.165) is 51.4 Å². The summed E-state index contributed by atoms with van der Waals surface area (Å²) < 4.78 is 10.8. The van der Waals surface area contributed by atoms with E-state index >= 15 is 0 Å². The molecule has 0 aliphatic rings. The number of aliphatic hydroxyl groups is 2. The van der Waals surface area contributed by atoms with Crippen LogP contribution < -0.4 is 0 Å². The normalized spacial score (nSPS) is 13.4. The van der Waals surface area contributed by atoms with Gasteiger partial charge >= 0.3 is 5.97 Å². The van der Waals surface area contributed by atoms with E-state index in [4.69, 9.17) is 14.6 Å². The number of carbonyl (C=O) groups excluding carboxylic acids is 1. The number of esters is 1. The summed E-state index contributed by atoms with van der Waals surface area (Å²) in [4.78, 5) is 11.3. The molecule has 0 saturated carbocycles. The Labute approximate surface area is 173 Å². The molecule has 5 nitrogen and oxygen atoms in total. The minimum absolute atomic E-state index is 0.0994. The maximum atomic E-state index is 11.3. The third-order valence-electron chi connectivity index (χ3n) is 5.09. The third kappa shape index (κ3) is 17.4. The van der Waals surface area contributed by atoms with Gasteiger partial charge in [-0.15, -0.1) is 0 Å². The van der Waals surface area contributed by atoms with Crippen LogP contribution in [0.1, 0.15) is 110 Å². The molecule has 0 rings (SSSR count). The predicted octanol–water partition coefficient (Wildman–Crippen LogP) is 5.16. The Hall–Kier alpha value is -0.650. The fourth-order valence-corrected chi connectivity index (χ4v) is 3.38. The minimum Gasteiger partial charge on any atom is -0.466 e. The molecule has 2 unspecified atom stereocenters. The highest BCUT2D eigenvalue weighted by molar-refractivity contribution is 5.69. The predicted molar refractivity (Wildman–Crippen MR) is 114 cm³/mol. The molecule has 5 heteroatoms. The molecule has 0 heterocycles. The zero-order chi connectivity index (χ0) is 20.9. The van der Waals surface area contributed by atoms with Crippen molar-refractivity contribution in [2.75, 3.05) is 19.8 Å². The molecule has 0 aliphatic carbocycles. The lowest BCUT2D eigenvalue weighted by molar-refractivity contribution is -0.143. The number of aliphatic hydroxyl groups excluding tert-OH is 2. The Bertz CT molecular complexity index is 335. The Morgan fingerprint density at radius 3 is 2.07 bits per heavy atom. The number of carbonyl (C=O) groups is 1. The van der Waals surface area contributed by atoms with Crippen LogP contribution in [0.5, 0.6) is 0 Å². The lowest BCUT2D eigenvalue weighted by atomic mass is 9.99. The van der Waals surface area contributed by atoms with Gasteiger partial charge in [-0.05, 0) is 32.6 Å². The minimum atomic E-state index is -0.409. The highest BCUT2D eigenvalue weighted by Crippen LogP contribution is 2.18. The smallest absolute Gasteiger partial charge is 0.305 e. The molecule has 0 aliphatic heterocycles. The summed E-state index contributed by atoms with van der Waals surface area (Å²) in [5, 5.41) is 19.5. The molecule has 0 aromatic rings. The van der Waals surface area contributed by atoms with E-state index < -0.39 is 6.10 Å². The number of hydrogen-bond donors (Lipinski definition) is 2. The lowest BCUT2D eigenvalue weighted by Gasteiger charge is -2.23. The molecule has 0 spiro atoms. The molecule has 28 heavy (non-hydrogen) atoms. The van der Waals surface area contributed by atoms with Crippen LogP contribution in [0, 0.1) is 0 Å². The quantitative estimate of drug-likeness (QED) is 0.205. The summed E-state index contributed by atoms with van der Waals surface area (Å²) in [6.45, 7) is 5.14. The van der Waals surface area contributed by atoms with Crippen LogP contribution in [-0.2, 0) is 14.3 Å². The van der Waals surface area contributed by atoms with E-state index in [0.29, 0.717) is 26.1 Å². The van der Waals surface area contributed by atoms with E-state index in [-0.39, 0.29) is 18.7 Å². The largest absolute Gasteiger partial charge is 0.466 e. The van der Waals surface area contributed by atoms with Crippen molar-refractivity contribution >= 4 is 5.97 Å². The second kappa shape index (κ2) is 21.1. The Morgan fingerprint density at radius 2 is 1.43 bits per heavy atom. The fourth-order valence-electron chi connectivity index (χ4n) is 3.38. The monoisotopic (exact) mass is 402 g/mol. The van der Waals surface area contributed by atoms with E-state index in [1.165, 1.54) is 32.1 Å². The topological polar surface area (TPSA) is 76.0 Å². The van der Waals surface area contributed by atoms with Gasteiger partial charge in [0.15, 0.2) is 0 Å². The highest BCUT2D eigenvalue weighted by atomic mass is 16.5. The van der Waals surface area contributed by atoms with Gasteiger partial charge in [0.2, 0.25) is 0 Å². The SMILES string of the molecule is CCCCCCCCC(O)C(CCCCCCCC(=O)OCC)OCCCO. The van der Waals surface area contributed by atoms with Gasteiger partial charge in [0, 0.05) is 19.6 Å². The molecule has 0 saturated heterocycles. The van der Waals surface area contributed by atoms with Crippen molar-refractivity contribution in [2.24, 2.45) is 0 Å². The summed E-state index contributed by atoms with van der Waals surface area (Å²) >= 11 is 0. The van der Waals surface area contributed by atoms with Crippen molar-refractivity contribution in [3.05, 3.63) is 0 Å². The molecule has 0 aromatic carbocycles. The third-order valence-corrected chi connectivity index (χ3v) is 5.09. The van der Waals surface area contributed by atoms with Gasteiger partial charge in [0.25, 0.3) is 0 Å². The maximum Gasteiger partial charge on any atom is 0.305 e. The number of unbranched alkanes of at least 4 members (excludes halogenated alkanes) is 9. The average Bonchev–Trinajstić information content (AvgIpc) is 2.68. The first-order valence-electron chi connectivity index (χ1n) is 11.7. The Kier molecular flexibility index (Phi) is 20.6. The fraction of sp³-hybridized carbons (Fsp3) is 0.957. The van der Waals surface area contributed by atoms with Crippen LogP contribution in [0.15, 0.2) is 0 Å². The maximum absolute atomic E-state index is 11.3. The zero-order valence-electron chi connectivity index (χ0n) is 18.5. The van der Waals surface area contributed by atoms with Crippen molar-refractivity contribution < 1.29 is 24.5 Å². The molecule has 2 atom stereocenters. The van der Waals surface area contributed by atoms with Gasteiger partial charge in [-0.25, -0.2) is 0 Å². The van der Waals surface area contributed by atoms with E-state index in [1.807, 2.05) is 6.92 Å². The molecule has 168 valence electrons. The lowest BCUT2D eigenvalue weighted by Crippen LogP contribution is -2.29. The van der Waals surface area contributed by atoms with E-state index in [1.54, 1.807) is 0 Å². The highest BCUT2D eigenvalue weighted by Gasteiger charge is 2.19. The number of ether oxygens (including phenoxy) is 2. The summed E-state index contributed by atoms with van der Waals surface area (Å²) in [6, 6.07) is 0. The Morgan fingerprint density at radius 1 is 0.821 bits per heavy atom. The van der Waals surface area contributed by atoms with Crippen molar-refractivity contribution in [2.45, 2.75) is 122 Å². The van der Waals surface area contributed by atoms with Crippen LogP contribution in [0.2, 0.25) is 0 Å². The second-order valence-corrected chi connectivity index (χ2v) is 7.72. The number of hydrogen-bond acceptors (Lipinski definition) is 5. The first-order valence-corrected chi connectivity index (χ1v) is 11.7. The average molecular weight is 403 g/mol.